The number of benzene rings is 3. The van der Waals surface area contributed by atoms with Crippen molar-refractivity contribution < 1.29 is 42.1 Å². The third kappa shape index (κ3) is 6.63. The molecule has 44 heavy (non-hydrogen) atoms. The van der Waals surface area contributed by atoms with Gasteiger partial charge in [0.25, 0.3) is 0 Å². The number of nitrogens with one attached hydrogen (secondary N) is 1. The topological polar surface area (TPSA) is 105 Å². The summed E-state index contributed by atoms with van der Waals surface area (Å²) < 4.78 is 57.2. The fraction of sp³-hybridized carbons (Fsp3) is 0.303. The molecule has 1 aliphatic carbocycles. The maximum absolute atomic E-state index is 15.2. The first-order valence-corrected chi connectivity index (χ1v) is 14.3. The zero-order chi connectivity index (χ0) is 30.5. The summed E-state index contributed by atoms with van der Waals surface area (Å²) in [5.41, 5.74) is 0.197. The van der Waals surface area contributed by atoms with E-state index in [1.54, 1.807) is 24.4 Å². The summed E-state index contributed by atoms with van der Waals surface area (Å²) >= 11 is 0. The number of amides is 1. The molecule has 0 spiro atoms. The maximum Gasteiger partial charge on any atom is 0.238 e. The SMILES string of the molecule is O=C(Cc1ccc(F)cc1)C1(C(=O)Nc2ccc(Oc3ccnc4cc5c(cc34)OCCOCCOCCO5)c(F)c2)CC1. The monoisotopic (exact) mass is 604 g/mol. The zero-order valence-corrected chi connectivity index (χ0v) is 23.8. The number of halogens is 2. The van der Waals surface area contributed by atoms with E-state index < -0.39 is 23.0 Å². The largest absolute Gasteiger partial charge is 0.487 e. The van der Waals surface area contributed by atoms with Crippen LogP contribution in [0.5, 0.6) is 23.0 Å². The van der Waals surface area contributed by atoms with Crippen LogP contribution in [0, 0.1) is 17.0 Å². The van der Waals surface area contributed by atoms with Crippen LogP contribution in [0.3, 0.4) is 0 Å². The Bertz CT molecular complexity index is 1680. The Hall–Kier alpha value is -4.61. The average molecular weight is 605 g/mol. The lowest BCUT2D eigenvalue weighted by atomic mass is 9.94. The van der Waals surface area contributed by atoms with Crippen LogP contribution in [0.2, 0.25) is 0 Å². The van der Waals surface area contributed by atoms with Crippen molar-refractivity contribution in [3.05, 3.63) is 84.1 Å². The number of nitrogens with zero attached hydrogens (tertiary/aromatic N) is 1. The molecule has 228 valence electrons. The number of hydrogen-bond acceptors (Lipinski definition) is 8. The number of fused-ring (bicyclic) bond motifs is 2. The molecule has 0 radical (unpaired) electrons. The standard InChI is InChI=1S/C33H30F2N2O7/c34-22-3-1-21(2-4-22)17-31(38)33(8-9-33)32(39)37-23-5-6-28(25(35)18-23)44-27-7-10-36-26-20-30-29(19-24(26)27)42-15-13-40-11-12-41-14-16-43-30/h1-7,10,18-20H,8-9,11-17H2,(H,37,39). The molecule has 1 fully saturated rings. The van der Waals surface area contributed by atoms with Crippen molar-refractivity contribution in [1.82, 2.24) is 4.98 Å². The second-order valence-corrected chi connectivity index (χ2v) is 10.6. The maximum atomic E-state index is 15.2. The van der Waals surface area contributed by atoms with Crippen LogP contribution in [0.15, 0.2) is 66.9 Å². The molecular formula is C33H30F2N2O7. The van der Waals surface area contributed by atoms with Gasteiger partial charge in [0.2, 0.25) is 5.91 Å². The molecule has 9 nitrogen and oxygen atoms in total. The van der Waals surface area contributed by atoms with E-state index >= 15 is 4.39 Å². The number of anilines is 1. The molecule has 0 unspecified atom stereocenters. The number of pyridine rings is 1. The summed E-state index contributed by atoms with van der Waals surface area (Å²) in [5, 5.41) is 3.25. The molecule has 4 aromatic rings. The van der Waals surface area contributed by atoms with Crippen LogP contribution in [0.25, 0.3) is 10.9 Å². The molecule has 1 amide bonds. The molecule has 1 aromatic heterocycles. The molecule has 0 atom stereocenters. The second-order valence-electron chi connectivity index (χ2n) is 10.6. The van der Waals surface area contributed by atoms with Crippen LogP contribution in [-0.4, -0.2) is 56.3 Å². The first kappa shape index (κ1) is 29.5. The quantitative estimate of drug-likeness (QED) is 0.270. The Morgan fingerprint density at radius 1 is 0.818 bits per heavy atom. The summed E-state index contributed by atoms with van der Waals surface area (Å²) in [6, 6.07) is 14.7. The molecular weight excluding hydrogens is 574 g/mol. The number of carbonyl (C=O) groups excluding carboxylic acids is 2. The zero-order valence-electron chi connectivity index (χ0n) is 23.8. The molecule has 0 bridgehead atoms. The smallest absolute Gasteiger partial charge is 0.238 e. The average Bonchev–Trinajstić information content (AvgIpc) is 3.82. The van der Waals surface area contributed by atoms with Crippen molar-refractivity contribution >= 4 is 28.3 Å². The van der Waals surface area contributed by atoms with Gasteiger partial charge in [0.1, 0.15) is 30.2 Å². The van der Waals surface area contributed by atoms with E-state index in [9.17, 15) is 14.0 Å². The first-order valence-electron chi connectivity index (χ1n) is 14.3. The van der Waals surface area contributed by atoms with Crippen molar-refractivity contribution in [2.75, 3.05) is 45.0 Å². The van der Waals surface area contributed by atoms with Crippen LogP contribution in [0.1, 0.15) is 18.4 Å². The van der Waals surface area contributed by atoms with E-state index in [2.05, 4.69) is 10.3 Å². The lowest BCUT2D eigenvalue weighted by Crippen LogP contribution is -2.32. The molecule has 1 N–H and O–H groups in total. The summed E-state index contributed by atoms with van der Waals surface area (Å²) in [6.45, 7) is 2.30. The van der Waals surface area contributed by atoms with Crippen LogP contribution < -0.4 is 19.5 Å². The van der Waals surface area contributed by atoms with Gasteiger partial charge in [-0.3, -0.25) is 14.6 Å². The van der Waals surface area contributed by atoms with E-state index in [1.807, 2.05) is 0 Å². The highest BCUT2D eigenvalue weighted by molar-refractivity contribution is 6.14. The predicted octanol–water partition coefficient (Wildman–Crippen LogP) is 5.64. The summed E-state index contributed by atoms with van der Waals surface area (Å²) in [6.07, 6.45) is 2.35. The van der Waals surface area contributed by atoms with Gasteiger partial charge in [-0.15, -0.1) is 0 Å². The van der Waals surface area contributed by atoms with Crippen molar-refractivity contribution in [2.45, 2.75) is 19.3 Å². The van der Waals surface area contributed by atoms with E-state index in [4.69, 9.17) is 23.7 Å². The number of Topliss-reactive ketones (excluding diaryl/α,β-unsaturated/α-hetero) is 1. The highest BCUT2D eigenvalue weighted by atomic mass is 19.1. The molecule has 1 aliphatic heterocycles. The summed E-state index contributed by atoms with van der Waals surface area (Å²) in [5.74, 6) is -0.645. The normalized spacial score (nSPS) is 16.3. The highest BCUT2D eigenvalue weighted by Crippen LogP contribution is 2.48. The molecule has 11 heteroatoms. The van der Waals surface area contributed by atoms with Gasteiger partial charge in [-0.2, -0.15) is 0 Å². The lowest BCUT2D eigenvalue weighted by Gasteiger charge is -2.17. The molecule has 1 saturated carbocycles. The minimum atomic E-state index is -1.17. The van der Waals surface area contributed by atoms with Gasteiger partial charge in [-0.05, 0) is 54.8 Å². The Balaban J connectivity index is 1.16. The van der Waals surface area contributed by atoms with Crippen molar-refractivity contribution in [3.63, 3.8) is 0 Å². The molecule has 2 heterocycles. The van der Waals surface area contributed by atoms with Gasteiger partial charge in [-0.25, -0.2) is 8.78 Å². The number of ether oxygens (including phenoxy) is 5. The van der Waals surface area contributed by atoms with Crippen LogP contribution in [-0.2, 0) is 25.5 Å². The van der Waals surface area contributed by atoms with Gasteiger partial charge in [0.05, 0.1) is 31.9 Å². The highest BCUT2D eigenvalue weighted by Gasteiger charge is 2.55. The molecule has 6 rings (SSSR count). The van der Waals surface area contributed by atoms with Gasteiger partial charge < -0.3 is 29.0 Å². The number of hydrogen-bond donors (Lipinski definition) is 1. The Labute approximate surface area is 252 Å². The van der Waals surface area contributed by atoms with Gasteiger partial charge >= 0.3 is 0 Å². The second kappa shape index (κ2) is 12.9. The Morgan fingerprint density at radius 3 is 2.18 bits per heavy atom. The molecule has 2 aliphatic rings. The van der Waals surface area contributed by atoms with Crippen LogP contribution in [0.4, 0.5) is 14.5 Å². The number of carbonyl (C=O) groups is 2. The fourth-order valence-electron chi connectivity index (χ4n) is 4.93. The first-order chi connectivity index (χ1) is 21.4. The Morgan fingerprint density at radius 2 is 1.50 bits per heavy atom. The third-order valence-corrected chi connectivity index (χ3v) is 7.52. The lowest BCUT2D eigenvalue weighted by molar-refractivity contribution is -0.132. The molecule has 3 aromatic carbocycles. The minimum Gasteiger partial charge on any atom is -0.487 e. The van der Waals surface area contributed by atoms with Crippen LogP contribution >= 0.6 is 0 Å². The number of rotatable bonds is 7. The van der Waals surface area contributed by atoms with Crippen molar-refractivity contribution in [1.29, 1.82) is 0 Å². The third-order valence-electron chi connectivity index (χ3n) is 7.52. The van der Waals surface area contributed by atoms with E-state index in [-0.39, 0.29) is 23.6 Å². The Kier molecular flexibility index (Phi) is 8.67. The summed E-state index contributed by atoms with van der Waals surface area (Å²) in [7, 11) is 0. The van der Waals surface area contributed by atoms with Crippen molar-refractivity contribution in [3.8, 4) is 23.0 Å². The number of aromatic nitrogens is 1. The summed E-state index contributed by atoms with van der Waals surface area (Å²) in [4.78, 5) is 30.4. The predicted molar refractivity (Wildman–Crippen MR) is 156 cm³/mol. The van der Waals surface area contributed by atoms with E-state index in [1.165, 1.54) is 36.4 Å². The van der Waals surface area contributed by atoms with E-state index in [0.717, 1.165) is 6.07 Å². The van der Waals surface area contributed by atoms with Gasteiger partial charge in [0.15, 0.2) is 28.8 Å². The minimum absolute atomic E-state index is 0.0112. The number of ketones is 1. The van der Waals surface area contributed by atoms with Crippen molar-refractivity contribution in [2.24, 2.45) is 5.41 Å². The van der Waals surface area contributed by atoms with Gasteiger partial charge in [-0.1, -0.05) is 12.1 Å². The fourth-order valence-corrected chi connectivity index (χ4v) is 4.93. The van der Waals surface area contributed by atoms with Gasteiger partial charge in [0, 0.05) is 35.8 Å². The molecule has 0 saturated heterocycles. The van der Waals surface area contributed by atoms with E-state index in [0.29, 0.717) is 86.2 Å².